The van der Waals surface area contributed by atoms with Gasteiger partial charge in [0, 0.05) is 6.20 Å². The lowest BCUT2D eigenvalue weighted by Gasteiger charge is -2.08. The number of pyridine rings is 1. The molecule has 0 bridgehead atoms. The Morgan fingerprint density at radius 1 is 1.21 bits per heavy atom. The molecular weight excluding hydrogens is 246 g/mol. The van der Waals surface area contributed by atoms with E-state index in [4.69, 9.17) is 5.73 Å². The van der Waals surface area contributed by atoms with Crippen LogP contribution in [-0.2, 0) is 0 Å². The molecule has 96 valence electrons. The van der Waals surface area contributed by atoms with E-state index in [1.807, 2.05) is 0 Å². The van der Waals surface area contributed by atoms with Crippen LogP contribution in [0.4, 0.5) is 5.69 Å². The lowest BCUT2D eigenvalue weighted by atomic mass is 10.1. The number of nitrogens with zero attached hydrogens (tertiary/aromatic N) is 1. The van der Waals surface area contributed by atoms with Crippen molar-refractivity contribution < 1.29 is 14.7 Å². The molecule has 0 saturated carbocycles. The minimum atomic E-state index is -0.634. The van der Waals surface area contributed by atoms with Crippen LogP contribution in [-0.4, -0.2) is 21.9 Å². The summed E-state index contributed by atoms with van der Waals surface area (Å²) < 4.78 is 0. The zero-order valence-electron chi connectivity index (χ0n) is 9.83. The van der Waals surface area contributed by atoms with E-state index in [1.54, 1.807) is 18.2 Å². The van der Waals surface area contributed by atoms with Crippen molar-refractivity contribution >= 4 is 17.5 Å². The van der Waals surface area contributed by atoms with Gasteiger partial charge in [0.25, 0.3) is 11.8 Å². The number of aromatic hydroxyl groups is 1. The Hall–Kier alpha value is -2.89. The average Bonchev–Trinajstić information content (AvgIpc) is 2.39. The van der Waals surface area contributed by atoms with Crippen LogP contribution in [0.3, 0.4) is 0 Å². The van der Waals surface area contributed by atoms with Gasteiger partial charge in [-0.2, -0.15) is 0 Å². The first kappa shape index (κ1) is 12.6. The summed E-state index contributed by atoms with van der Waals surface area (Å²) in [6.07, 6.45) is 2.52. The van der Waals surface area contributed by atoms with Crippen molar-refractivity contribution in [1.29, 1.82) is 0 Å². The van der Waals surface area contributed by atoms with E-state index >= 15 is 0 Å². The third-order valence-electron chi connectivity index (χ3n) is 2.43. The molecule has 6 nitrogen and oxygen atoms in total. The van der Waals surface area contributed by atoms with Crippen molar-refractivity contribution in [2.45, 2.75) is 0 Å². The number of nitrogens with one attached hydrogen (secondary N) is 1. The first-order chi connectivity index (χ1) is 9.08. The molecule has 0 unspecified atom stereocenters. The van der Waals surface area contributed by atoms with Crippen molar-refractivity contribution in [1.82, 2.24) is 4.98 Å². The molecule has 1 aromatic heterocycles. The Balaban J connectivity index is 2.27. The topological polar surface area (TPSA) is 105 Å². The quantitative estimate of drug-likeness (QED) is 0.766. The standard InChI is InChI=1S/C13H11N3O3/c14-12(18)10-3-1-2-4-11(10)16-13(19)8-5-9(17)7-15-6-8/h1-7,17H,(H2,14,18)(H,16,19). The third-order valence-corrected chi connectivity index (χ3v) is 2.43. The molecule has 2 amide bonds. The van der Waals surface area contributed by atoms with Crippen LogP contribution in [0.2, 0.25) is 0 Å². The maximum Gasteiger partial charge on any atom is 0.257 e. The van der Waals surface area contributed by atoms with E-state index in [9.17, 15) is 14.7 Å². The van der Waals surface area contributed by atoms with Gasteiger partial charge in [-0.1, -0.05) is 12.1 Å². The summed E-state index contributed by atoms with van der Waals surface area (Å²) in [4.78, 5) is 26.8. The molecular formula is C13H11N3O3. The van der Waals surface area contributed by atoms with E-state index in [0.717, 1.165) is 0 Å². The SMILES string of the molecule is NC(=O)c1ccccc1NC(=O)c1cncc(O)c1. The lowest BCUT2D eigenvalue weighted by molar-refractivity contribution is 0.100. The fourth-order valence-electron chi connectivity index (χ4n) is 1.55. The first-order valence-electron chi connectivity index (χ1n) is 5.42. The van der Waals surface area contributed by atoms with Crippen LogP contribution >= 0.6 is 0 Å². The summed E-state index contributed by atoms with van der Waals surface area (Å²) in [5, 5.41) is 11.8. The summed E-state index contributed by atoms with van der Waals surface area (Å²) in [7, 11) is 0. The molecule has 0 aliphatic rings. The number of primary amides is 1. The lowest BCUT2D eigenvalue weighted by Crippen LogP contribution is -2.18. The fourth-order valence-corrected chi connectivity index (χ4v) is 1.55. The van der Waals surface area contributed by atoms with Gasteiger partial charge in [0.1, 0.15) is 5.75 Å². The Labute approximate surface area is 108 Å². The molecule has 0 radical (unpaired) electrons. The highest BCUT2D eigenvalue weighted by Gasteiger charge is 2.12. The Morgan fingerprint density at radius 2 is 1.95 bits per heavy atom. The maximum atomic E-state index is 11.9. The normalized spacial score (nSPS) is 9.89. The summed E-state index contributed by atoms with van der Waals surface area (Å²) in [5.74, 6) is -1.24. The van der Waals surface area contributed by atoms with Gasteiger partial charge in [-0.05, 0) is 18.2 Å². The summed E-state index contributed by atoms with van der Waals surface area (Å²) >= 11 is 0. The van der Waals surface area contributed by atoms with Crippen molar-refractivity contribution in [2.75, 3.05) is 5.32 Å². The second kappa shape index (κ2) is 5.18. The Morgan fingerprint density at radius 3 is 2.63 bits per heavy atom. The van der Waals surface area contributed by atoms with Gasteiger partial charge in [0.15, 0.2) is 0 Å². The number of carbonyl (C=O) groups is 2. The monoisotopic (exact) mass is 257 g/mol. The molecule has 6 heteroatoms. The maximum absolute atomic E-state index is 11.9. The fraction of sp³-hybridized carbons (Fsp3) is 0. The second-order valence-electron chi connectivity index (χ2n) is 3.80. The molecule has 1 heterocycles. The zero-order chi connectivity index (χ0) is 13.8. The average molecular weight is 257 g/mol. The Bertz CT molecular complexity index is 641. The molecule has 19 heavy (non-hydrogen) atoms. The number of para-hydroxylation sites is 1. The van der Waals surface area contributed by atoms with Crippen LogP contribution < -0.4 is 11.1 Å². The molecule has 0 atom stereocenters. The number of anilines is 1. The smallest absolute Gasteiger partial charge is 0.257 e. The second-order valence-corrected chi connectivity index (χ2v) is 3.80. The van der Waals surface area contributed by atoms with Crippen molar-refractivity contribution in [3.05, 3.63) is 53.9 Å². The summed E-state index contributed by atoms with van der Waals surface area (Å²) in [5.41, 5.74) is 5.91. The van der Waals surface area contributed by atoms with Gasteiger partial charge in [-0.25, -0.2) is 0 Å². The summed E-state index contributed by atoms with van der Waals surface area (Å²) in [6, 6.07) is 7.66. The number of hydrogen-bond donors (Lipinski definition) is 3. The van der Waals surface area contributed by atoms with Crippen LogP contribution in [0.5, 0.6) is 5.75 Å². The van der Waals surface area contributed by atoms with Gasteiger partial charge in [0.05, 0.1) is 23.0 Å². The highest BCUT2D eigenvalue weighted by molar-refractivity contribution is 6.08. The number of carbonyl (C=O) groups excluding carboxylic acids is 2. The first-order valence-corrected chi connectivity index (χ1v) is 5.42. The third kappa shape index (κ3) is 2.86. The molecule has 0 aliphatic heterocycles. The molecule has 0 saturated heterocycles. The van der Waals surface area contributed by atoms with Gasteiger partial charge < -0.3 is 16.2 Å². The Kier molecular flexibility index (Phi) is 3.42. The van der Waals surface area contributed by atoms with E-state index < -0.39 is 11.8 Å². The predicted octanol–water partition coefficient (Wildman–Crippen LogP) is 1.14. The summed E-state index contributed by atoms with van der Waals surface area (Å²) in [6.45, 7) is 0. The highest BCUT2D eigenvalue weighted by atomic mass is 16.3. The molecule has 1 aromatic carbocycles. The number of hydrogen-bond acceptors (Lipinski definition) is 4. The van der Waals surface area contributed by atoms with Gasteiger partial charge in [-0.15, -0.1) is 0 Å². The van der Waals surface area contributed by atoms with Crippen molar-refractivity contribution in [3.63, 3.8) is 0 Å². The predicted molar refractivity (Wildman–Crippen MR) is 68.8 cm³/mol. The van der Waals surface area contributed by atoms with E-state index in [2.05, 4.69) is 10.3 Å². The van der Waals surface area contributed by atoms with Crippen LogP contribution in [0.15, 0.2) is 42.7 Å². The number of rotatable bonds is 3. The van der Waals surface area contributed by atoms with Crippen molar-refractivity contribution in [2.24, 2.45) is 5.73 Å². The molecule has 0 aliphatic carbocycles. The van der Waals surface area contributed by atoms with Gasteiger partial charge >= 0.3 is 0 Å². The van der Waals surface area contributed by atoms with E-state index in [-0.39, 0.29) is 16.9 Å². The largest absolute Gasteiger partial charge is 0.506 e. The molecule has 0 spiro atoms. The number of amides is 2. The van der Waals surface area contributed by atoms with Gasteiger partial charge in [0.2, 0.25) is 0 Å². The van der Waals surface area contributed by atoms with Crippen LogP contribution in [0.1, 0.15) is 20.7 Å². The molecule has 2 rings (SSSR count). The van der Waals surface area contributed by atoms with Gasteiger partial charge in [-0.3, -0.25) is 14.6 Å². The van der Waals surface area contributed by atoms with Crippen LogP contribution in [0.25, 0.3) is 0 Å². The van der Waals surface area contributed by atoms with Crippen molar-refractivity contribution in [3.8, 4) is 5.75 Å². The molecule has 0 fully saturated rings. The number of benzene rings is 1. The van der Waals surface area contributed by atoms with E-state index in [1.165, 1.54) is 24.5 Å². The molecule has 2 aromatic rings. The van der Waals surface area contributed by atoms with E-state index in [0.29, 0.717) is 5.69 Å². The van der Waals surface area contributed by atoms with Crippen LogP contribution in [0, 0.1) is 0 Å². The molecule has 4 N–H and O–H groups in total. The highest BCUT2D eigenvalue weighted by Crippen LogP contribution is 2.16. The minimum absolute atomic E-state index is 0.115. The zero-order valence-corrected chi connectivity index (χ0v) is 9.83. The number of nitrogens with two attached hydrogens (primary N) is 1. The number of aromatic nitrogens is 1. The minimum Gasteiger partial charge on any atom is -0.506 e.